The summed E-state index contributed by atoms with van der Waals surface area (Å²) in [6, 6.07) is 3.29. The van der Waals surface area contributed by atoms with E-state index in [9.17, 15) is 4.39 Å². The first kappa shape index (κ1) is 12.4. The van der Waals surface area contributed by atoms with Gasteiger partial charge in [-0.2, -0.15) is 0 Å². The van der Waals surface area contributed by atoms with E-state index in [1.807, 2.05) is 10.6 Å². The Balaban J connectivity index is 1.97. The number of nitrogen functional groups attached to an aromatic ring is 1. The van der Waals surface area contributed by atoms with E-state index >= 15 is 0 Å². The maximum atomic E-state index is 13.5. The fourth-order valence-electron chi connectivity index (χ4n) is 2.65. The van der Waals surface area contributed by atoms with Crippen LogP contribution in [0.5, 0.6) is 0 Å². The molecule has 1 aromatic heterocycles. The topological polar surface area (TPSA) is 53.1 Å². The van der Waals surface area contributed by atoms with E-state index in [2.05, 4.69) is 4.98 Å². The molecule has 2 heterocycles. The van der Waals surface area contributed by atoms with Gasteiger partial charge in [-0.15, -0.1) is 0 Å². The second kappa shape index (κ2) is 4.81. The number of aromatic nitrogens is 2. The zero-order valence-electron chi connectivity index (χ0n) is 11.0. The number of ether oxygens (including phenoxy) is 1. The number of nitrogens with two attached hydrogens (primary N) is 1. The number of imidazole rings is 1. The monoisotopic (exact) mass is 263 g/mol. The van der Waals surface area contributed by atoms with Gasteiger partial charge in [-0.3, -0.25) is 0 Å². The number of benzene rings is 1. The molecule has 1 aliphatic rings. The third-order valence-corrected chi connectivity index (χ3v) is 3.84. The van der Waals surface area contributed by atoms with E-state index in [0.717, 1.165) is 38.1 Å². The van der Waals surface area contributed by atoms with Crippen LogP contribution >= 0.6 is 0 Å². The second-order valence-corrected chi connectivity index (χ2v) is 5.23. The molecule has 1 aliphatic heterocycles. The molecule has 0 aliphatic carbocycles. The summed E-state index contributed by atoms with van der Waals surface area (Å²) in [5, 5.41) is 0. The van der Waals surface area contributed by atoms with Gasteiger partial charge < -0.3 is 15.0 Å². The lowest BCUT2D eigenvalue weighted by molar-refractivity contribution is 0.0618. The lowest BCUT2D eigenvalue weighted by Gasteiger charge is -2.23. The lowest BCUT2D eigenvalue weighted by Crippen LogP contribution is -2.21. The van der Waals surface area contributed by atoms with E-state index in [-0.39, 0.29) is 5.82 Å². The Bertz CT molecular complexity index is 602. The second-order valence-electron chi connectivity index (χ2n) is 5.23. The highest BCUT2D eigenvalue weighted by Crippen LogP contribution is 2.25. The maximum absolute atomic E-state index is 13.5. The van der Waals surface area contributed by atoms with E-state index in [1.165, 1.54) is 6.07 Å². The molecule has 2 aromatic rings. The van der Waals surface area contributed by atoms with Crippen molar-refractivity contribution < 1.29 is 9.13 Å². The number of fused-ring (bicyclic) bond motifs is 1. The molecule has 0 saturated carbocycles. The van der Waals surface area contributed by atoms with Crippen LogP contribution in [0.1, 0.15) is 18.4 Å². The summed E-state index contributed by atoms with van der Waals surface area (Å²) in [5.74, 6) is 0.786. The van der Waals surface area contributed by atoms with E-state index in [1.54, 1.807) is 6.92 Å². The van der Waals surface area contributed by atoms with Gasteiger partial charge in [-0.05, 0) is 37.3 Å². The molecule has 0 bridgehead atoms. The highest BCUT2D eigenvalue weighted by molar-refractivity contribution is 5.79. The summed E-state index contributed by atoms with van der Waals surface area (Å²) in [5.41, 5.74) is 8.15. The van der Waals surface area contributed by atoms with Crippen molar-refractivity contribution in [2.45, 2.75) is 26.3 Å². The minimum Gasteiger partial charge on any atom is -0.381 e. The minimum absolute atomic E-state index is 0.233. The summed E-state index contributed by atoms with van der Waals surface area (Å²) in [6.45, 7) is 4.21. The number of hydrogen-bond donors (Lipinski definition) is 1. The largest absolute Gasteiger partial charge is 0.381 e. The van der Waals surface area contributed by atoms with Crippen LogP contribution in [-0.2, 0) is 11.3 Å². The van der Waals surface area contributed by atoms with E-state index in [0.29, 0.717) is 22.9 Å². The zero-order valence-corrected chi connectivity index (χ0v) is 11.0. The van der Waals surface area contributed by atoms with Crippen LogP contribution in [0.25, 0.3) is 11.0 Å². The number of hydrogen-bond acceptors (Lipinski definition) is 3. The molecule has 4 nitrogen and oxygen atoms in total. The number of aryl methyl sites for hydroxylation is 1. The van der Waals surface area contributed by atoms with Crippen molar-refractivity contribution in [3.8, 4) is 0 Å². The van der Waals surface area contributed by atoms with E-state index in [4.69, 9.17) is 10.5 Å². The fourth-order valence-corrected chi connectivity index (χ4v) is 2.65. The Morgan fingerprint density at radius 1 is 1.42 bits per heavy atom. The van der Waals surface area contributed by atoms with Crippen LogP contribution < -0.4 is 5.73 Å². The third kappa shape index (κ3) is 2.30. The Morgan fingerprint density at radius 2 is 2.16 bits per heavy atom. The zero-order chi connectivity index (χ0) is 13.4. The number of nitrogens with zero attached hydrogens (tertiary/aromatic N) is 2. The smallest absolute Gasteiger partial charge is 0.201 e. The predicted molar refractivity (Wildman–Crippen MR) is 72.4 cm³/mol. The third-order valence-electron chi connectivity index (χ3n) is 3.84. The highest BCUT2D eigenvalue weighted by atomic mass is 19.1. The summed E-state index contributed by atoms with van der Waals surface area (Å²) in [6.07, 6.45) is 2.08. The van der Waals surface area contributed by atoms with Gasteiger partial charge in [0, 0.05) is 25.8 Å². The molecule has 0 unspecified atom stereocenters. The first-order valence-corrected chi connectivity index (χ1v) is 6.65. The van der Waals surface area contributed by atoms with Gasteiger partial charge in [-0.1, -0.05) is 0 Å². The Morgan fingerprint density at radius 3 is 2.89 bits per heavy atom. The van der Waals surface area contributed by atoms with Crippen molar-refractivity contribution in [3.63, 3.8) is 0 Å². The molecule has 19 heavy (non-hydrogen) atoms. The normalized spacial score (nSPS) is 17.2. The van der Waals surface area contributed by atoms with Gasteiger partial charge in [0.05, 0.1) is 11.0 Å². The first-order chi connectivity index (χ1) is 9.15. The van der Waals surface area contributed by atoms with Crippen molar-refractivity contribution in [2.24, 2.45) is 5.92 Å². The molecule has 1 saturated heterocycles. The predicted octanol–water partition coefficient (Wildman–Crippen LogP) is 2.49. The number of anilines is 1. The van der Waals surface area contributed by atoms with Crippen LogP contribution in [0.2, 0.25) is 0 Å². The summed E-state index contributed by atoms with van der Waals surface area (Å²) in [7, 11) is 0. The van der Waals surface area contributed by atoms with Crippen LogP contribution in [0.3, 0.4) is 0 Å². The lowest BCUT2D eigenvalue weighted by atomic mass is 10.0. The molecular weight excluding hydrogens is 245 g/mol. The Hall–Kier alpha value is -1.62. The fraction of sp³-hybridized carbons (Fsp3) is 0.500. The van der Waals surface area contributed by atoms with Crippen LogP contribution in [0, 0.1) is 18.7 Å². The highest BCUT2D eigenvalue weighted by Gasteiger charge is 2.18. The number of rotatable bonds is 2. The van der Waals surface area contributed by atoms with Crippen molar-refractivity contribution in [3.05, 3.63) is 23.5 Å². The number of halogens is 1. The Labute approximate surface area is 111 Å². The van der Waals surface area contributed by atoms with Crippen LogP contribution in [0.15, 0.2) is 12.1 Å². The van der Waals surface area contributed by atoms with Gasteiger partial charge in [0.1, 0.15) is 5.82 Å². The van der Waals surface area contributed by atoms with Crippen molar-refractivity contribution in [2.75, 3.05) is 18.9 Å². The SMILES string of the molecule is Cc1cc2c(cc1F)nc(N)n2CC1CCOCC1. The van der Waals surface area contributed by atoms with Gasteiger partial charge in [-0.25, -0.2) is 9.37 Å². The average Bonchev–Trinajstić information content (AvgIpc) is 2.68. The van der Waals surface area contributed by atoms with Gasteiger partial charge in [0.15, 0.2) is 0 Å². The molecule has 0 spiro atoms. The van der Waals surface area contributed by atoms with Crippen LogP contribution in [0.4, 0.5) is 10.3 Å². The van der Waals surface area contributed by atoms with Gasteiger partial charge >= 0.3 is 0 Å². The maximum Gasteiger partial charge on any atom is 0.201 e. The summed E-state index contributed by atoms with van der Waals surface area (Å²) in [4.78, 5) is 4.25. The molecule has 3 rings (SSSR count). The minimum atomic E-state index is -0.233. The van der Waals surface area contributed by atoms with E-state index < -0.39 is 0 Å². The summed E-state index contributed by atoms with van der Waals surface area (Å²) < 4.78 is 20.9. The van der Waals surface area contributed by atoms with Gasteiger partial charge in [0.25, 0.3) is 0 Å². The average molecular weight is 263 g/mol. The Kier molecular flexibility index (Phi) is 3.14. The molecule has 102 valence electrons. The molecular formula is C14H18FN3O. The molecule has 0 amide bonds. The van der Waals surface area contributed by atoms with Crippen molar-refractivity contribution in [1.82, 2.24) is 9.55 Å². The molecule has 1 aromatic carbocycles. The van der Waals surface area contributed by atoms with Crippen molar-refractivity contribution in [1.29, 1.82) is 0 Å². The standard InChI is InChI=1S/C14H18FN3O/c1-9-6-13-12(7-11(9)15)17-14(16)18(13)8-10-2-4-19-5-3-10/h6-7,10H,2-5,8H2,1H3,(H2,16,17). The summed E-state index contributed by atoms with van der Waals surface area (Å²) >= 11 is 0. The van der Waals surface area contributed by atoms with Gasteiger partial charge in [0.2, 0.25) is 5.95 Å². The molecule has 0 radical (unpaired) electrons. The first-order valence-electron chi connectivity index (χ1n) is 6.65. The molecule has 2 N–H and O–H groups in total. The molecule has 1 fully saturated rings. The molecule has 5 heteroatoms. The van der Waals surface area contributed by atoms with Crippen molar-refractivity contribution >= 4 is 17.0 Å². The molecule has 0 atom stereocenters. The van der Waals surface area contributed by atoms with Crippen LogP contribution in [-0.4, -0.2) is 22.8 Å². The quantitative estimate of drug-likeness (QED) is 0.905.